The molecule has 0 fully saturated rings. The van der Waals surface area contributed by atoms with E-state index < -0.39 is 5.97 Å². The van der Waals surface area contributed by atoms with Gasteiger partial charge in [-0.15, -0.1) is 0 Å². The Balaban J connectivity index is 2.17. The number of aromatic nitrogens is 2. The van der Waals surface area contributed by atoms with Crippen LogP contribution in [0.15, 0.2) is 12.4 Å². The smallest absolute Gasteiger partial charge is 0.325 e. The van der Waals surface area contributed by atoms with Crippen LogP contribution in [0.5, 0.6) is 0 Å². The fourth-order valence-corrected chi connectivity index (χ4v) is 1.73. The Labute approximate surface area is 122 Å². The number of carbonyl (C=O) groups is 3. The van der Waals surface area contributed by atoms with Gasteiger partial charge in [-0.05, 0) is 12.8 Å². The van der Waals surface area contributed by atoms with Crippen molar-refractivity contribution < 1.29 is 19.5 Å². The normalized spacial score (nSPS) is 10.1. The molecule has 0 spiro atoms. The van der Waals surface area contributed by atoms with Gasteiger partial charge in [-0.3, -0.25) is 19.1 Å². The molecule has 2 amide bonds. The molecule has 1 aromatic rings. The first-order chi connectivity index (χ1) is 9.97. The Morgan fingerprint density at radius 1 is 1.29 bits per heavy atom. The van der Waals surface area contributed by atoms with Gasteiger partial charge in [0.05, 0.1) is 11.9 Å². The van der Waals surface area contributed by atoms with Crippen molar-refractivity contribution in [2.75, 3.05) is 11.9 Å². The van der Waals surface area contributed by atoms with Gasteiger partial charge in [-0.25, -0.2) is 0 Å². The van der Waals surface area contributed by atoms with Gasteiger partial charge in [0.15, 0.2) is 0 Å². The van der Waals surface area contributed by atoms with Crippen LogP contribution in [0, 0.1) is 0 Å². The molecule has 0 radical (unpaired) electrons. The highest BCUT2D eigenvalue weighted by molar-refractivity contribution is 5.90. The molecule has 0 aliphatic rings. The molecule has 21 heavy (non-hydrogen) atoms. The maximum atomic E-state index is 11.7. The third-order valence-corrected chi connectivity index (χ3v) is 2.67. The van der Waals surface area contributed by atoms with Gasteiger partial charge in [-0.1, -0.05) is 6.42 Å². The summed E-state index contributed by atoms with van der Waals surface area (Å²) in [7, 11) is 0. The second-order valence-corrected chi connectivity index (χ2v) is 4.66. The summed E-state index contributed by atoms with van der Waals surface area (Å²) in [6.45, 7) is 1.86. The largest absolute Gasteiger partial charge is 0.480 e. The summed E-state index contributed by atoms with van der Waals surface area (Å²) >= 11 is 0. The number of aliphatic carboxylic acids is 1. The average Bonchev–Trinajstić information content (AvgIpc) is 2.79. The number of carboxylic acids is 1. The molecule has 0 unspecified atom stereocenters. The standard InChI is InChI=1S/C13H20N4O4/c1-10(18)14-6-4-2-3-5-12(19)16-11-7-15-17(8-11)9-13(20)21/h7-8H,2-6,9H2,1H3,(H,14,18)(H,16,19)(H,20,21). The Morgan fingerprint density at radius 3 is 2.71 bits per heavy atom. The second kappa shape index (κ2) is 8.72. The zero-order chi connectivity index (χ0) is 15.7. The van der Waals surface area contributed by atoms with Crippen LogP contribution < -0.4 is 10.6 Å². The third kappa shape index (κ3) is 7.71. The topological polar surface area (TPSA) is 113 Å². The lowest BCUT2D eigenvalue weighted by molar-refractivity contribution is -0.137. The van der Waals surface area contributed by atoms with E-state index in [0.717, 1.165) is 19.3 Å². The Morgan fingerprint density at radius 2 is 2.05 bits per heavy atom. The molecule has 0 aromatic carbocycles. The van der Waals surface area contributed by atoms with Crippen LogP contribution in [0.4, 0.5) is 5.69 Å². The van der Waals surface area contributed by atoms with Crippen molar-refractivity contribution in [2.45, 2.75) is 39.2 Å². The SMILES string of the molecule is CC(=O)NCCCCCC(=O)Nc1cnn(CC(=O)O)c1. The van der Waals surface area contributed by atoms with Gasteiger partial charge in [-0.2, -0.15) is 5.10 Å². The monoisotopic (exact) mass is 296 g/mol. The first-order valence-electron chi connectivity index (χ1n) is 6.76. The fourth-order valence-electron chi connectivity index (χ4n) is 1.73. The highest BCUT2D eigenvalue weighted by Crippen LogP contribution is 2.07. The van der Waals surface area contributed by atoms with Crippen molar-refractivity contribution in [3.05, 3.63) is 12.4 Å². The highest BCUT2D eigenvalue weighted by atomic mass is 16.4. The van der Waals surface area contributed by atoms with E-state index in [2.05, 4.69) is 15.7 Å². The number of nitrogens with one attached hydrogen (secondary N) is 2. The van der Waals surface area contributed by atoms with E-state index in [1.807, 2.05) is 0 Å². The van der Waals surface area contributed by atoms with Crippen molar-refractivity contribution in [2.24, 2.45) is 0 Å². The van der Waals surface area contributed by atoms with E-state index in [1.165, 1.54) is 24.0 Å². The lowest BCUT2D eigenvalue weighted by Gasteiger charge is -2.03. The van der Waals surface area contributed by atoms with E-state index in [1.54, 1.807) is 0 Å². The van der Waals surface area contributed by atoms with Crippen LogP contribution in [0.1, 0.15) is 32.6 Å². The number of hydrogen-bond acceptors (Lipinski definition) is 4. The molecule has 1 heterocycles. The number of carbonyl (C=O) groups excluding carboxylic acids is 2. The van der Waals surface area contributed by atoms with Gasteiger partial charge in [0.25, 0.3) is 0 Å². The van der Waals surface area contributed by atoms with Crippen LogP contribution in [0.25, 0.3) is 0 Å². The molecule has 8 nitrogen and oxygen atoms in total. The van der Waals surface area contributed by atoms with Crippen molar-refractivity contribution in [3.63, 3.8) is 0 Å². The summed E-state index contributed by atoms with van der Waals surface area (Å²) in [5.41, 5.74) is 0.486. The van der Waals surface area contributed by atoms with E-state index in [4.69, 9.17) is 5.11 Å². The van der Waals surface area contributed by atoms with Gasteiger partial charge in [0, 0.05) is 26.1 Å². The van der Waals surface area contributed by atoms with Gasteiger partial charge < -0.3 is 15.7 Å². The van der Waals surface area contributed by atoms with Gasteiger partial charge >= 0.3 is 5.97 Å². The third-order valence-electron chi connectivity index (χ3n) is 2.67. The minimum absolute atomic E-state index is 0.0499. The number of rotatable bonds is 9. The van der Waals surface area contributed by atoms with Gasteiger partial charge in [0.2, 0.25) is 11.8 Å². The van der Waals surface area contributed by atoms with E-state index in [-0.39, 0.29) is 18.4 Å². The quantitative estimate of drug-likeness (QED) is 0.578. The van der Waals surface area contributed by atoms with Crippen molar-refractivity contribution in [3.8, 4) is 0 Å². The first kappa shape index (κ1) is 16.7. The molecule has 0 saturated heterocycles. The van der Waals surface area contributed by atoms with E-state index >= 15 is 0 Å². The molecule has 0 saturated carbocycles. The Kier molecular flexibility index (Phi) is 6.93. The first-order valence-corrected chi connectivity index (χ1v) is 6.76. The lowest BCUT2D eigenvalue weighted by Crippen LogP contribution is -2.20. The van der Waals surface area contributed by atoms with Gasteiger partial charge in [0.1, 0.15) is 6.54 Å². The Bertz CT molecular complexity index is 498. The maximum Gasteiger partial charge on any atom is 0.325 e. The molecule has 116 valence electrons. The number of unbranched alkanes of at least 4 members (excludes halogenated alkanes) is 2. The zero-order valence-corrected chi connectivity index (χ0v) is 12.0. The van der Waals surface area contributed by atoms with Crippen LogP contribution in [0.3, 0.4) is 0 Å². The second-order valence-electron chi connectivity index (χ2n) is 4.66. The minimum atomic E-state index is -0.991. The summed E-state index contributed by atoms with van der Waals surface area (Å²) in [4.78, 5) is 32.8. The van der Waals surface area contributed by atoms with Crippen LogP contribution in [-0.4, -0.2) is 39.2 Å². The molecular weight excluding hydrogens is 276 g/mol. The zero-order valence-electron chi connectivity index (χ0n) is 12.0. The molecule has 0 atom stereocenters. The van der Waals surface area contributed by atoms with E-state index in [9.17, 15) is 14.4 Å². The number of anilines is 1. The summed E-state index contributed by atoms with van der Waals surface area (Å²) in [5, 5.41) is 17.8. The van der Waals surface area contributed by atoms with Crippen LogP contribution in [0.2, 0.25) is 0 Å². The number of amides is 2. The average molecular weight is 296 g/mol. The molecule has 1 rings (SSSR count). The summed E-state index contributed by atoms with van der Waals surface area (Å²) in [6.07, 6.45) is 5.69. The molecule has 0 bridgehead atoms. The van der Waals surface area contributed by atoms with Crippen molar-refractivity contribution in [1.29, 1.82) is 0 Å². The van der Waals surface area contributed by atoms with Crippen molar-refractivity contribution >= 4 is 23.5 Å². The molecule has 1 aromatic heterocycles. The molecular formula is C13H20N4O4. The predicted octanol–water partition coefficient (Wildman–Crippen LogP) is 0.603. The molecule has 0 aliphatic carbocycles. The lowest BCUT2D eigenvalue weighted by atomic mass is 10.2. The molecule has 8 heteroatoms. The summed E-state index contributed by atoms with van der Waals surface area (Å²) in [5.74, 6) is -1.18. The maximum absolute atomic E-state index is 11.7. The predicted molar refractivity (Wildman–Crippen MR) is 75.6 cm³/mol. The van der Waals surface area contributed by atoms with E-state index in [0.29, 0.717) is 18.7 Å². The number of carboxylic acid groups (broad SMARTS) is 1. The number of nitrogens with zero attached hydrogens (tertiary/aromatic N) is 2. The molecule has 0 aliphatic heterocycles. The fraction of sp³-hybridized carbons (Fsp3) is 0.538. The summed E-state index contributed by atoms with van der Waals surface area (Å²) < 4.78 is 1.24. The summed E-state index contributed by atoms with van der Waals surface area (Å²) in [6, 6.07) is 0. The number of hydrogen-bond donors (Lipinski definition) is 3. The van der Waals surface area contributed by atoms with Crippen LogP contribution in [-0.2, 0) is 20.9 Å². The molecule has 3 N–H and O–H groups in total. The Hall–Kier alpha value is -2.38. The van der Waals surface area contributed by atoms with Crippen LogP contribution >= 0.6 is 0 Å². The van der Waals surface area contributed by atoms with Crippen molar-refractivity contribution in [1.82, 2.24) is 15.1 Å². The minimum Gasteiger partial charge on any atom is -0.480 e. The highest BCUT2D eigenvalue weighted by Gasteiger charge is 2.06.